The molecule has 0 saturated heterocycles. The summed E-state index contributed by atoms with van der Waals surface area (Å²) in [5.41, 5.74) is 0. The van der Waals surface area contributed by atoms with E-state index < -0.39 is 41.6 Å². The third-order valence-electron chi connectivity index (χ3n) is 16.9. The van der Waals surface area contributed by atoms with Crippen molar-refractivity contribution in [3.05, 3.63) is 0 Å². The van der Waals surface area contributed by atoms with Gasteiger partial charge >= 0.3 is 39.9 Å². The van der Waals surface area contributed by atoms with Gasteiger partial charge in [-0.1, -0.05) is 413 Å². The molecule has 0 saturated carbocycles. The van der Waals surface area contributed by atoms with Gasteiger partial charge in [-0.25, -0.2) is 33.7 Å². The molecule has 0 aliphatic rings. The Morgan fingerprint density at radius 2 is 0.237 bits per heavy atom. The number of hydrogen-bond donors (Lipinski definition) is 0. The molecule has 0 radical (unpaired) electrons. The number of hydrogen-bond acceptors (Lipinski definition) is 16. The van der Waals surface area contributed by atoms with Crippen LogP contribution >= 0.6 is 0 Å². The van der Waals surface area contributed by atoms with Crippen molar-refractivity contribution >= 4 is 41.6 Å². The molecule has 0 aromatic carbocycles. The van der Waals surface area contributed by atoms with Crippen molar-refractivity contribution in [3.63, 3.8) is 0 Å². The maximum absolute atomic E-state index is 10.2. The van der Waals surface area contributed by atoms with E-state index in [-0.39, 0.29) is 66.4 Å². The first-order valence-corrected chi connectivity index (χ1v) is 44.0. The summed E-state index contributed by atoms with van der Waals surface area (Å²) in [5.74, 6) is 0. The van der Waals surface area contributed by atoms with E-state index in [0.29, 0.717) is 25.7 Å². The Morgan fingerprint density at radius 3 is 0.312 bits per heavy atom. The van der Waals surface area contributed by atoms with Crippen LogP contribution in [0.25, 0.3) is 0 Å². The maximum atomic E-state index is 10.2. The Bertz CT molecular complexity index is 1580. The Morgan fingerprint density at radius 1 is 0.161 bits per heavy atom. The summed E-state index contributed by atoms with van der Waals surface area (Å²) in [6.45, 7) is 9.17. The van der Waals surface area contributed by atoms with Crippen LogP contribution < -0.4 is 0 Å². The largest absolute Gasteiger partial charge is 4.00 e. The van der Waals surface area contributed by atoms with E-state index in [1.165, 1.54) is 334 Å². The van der Waals surface area contributed by atoms with Gasteiger partial charge in [0.05, 0.1) is 26.4 Å². The van der Waals surface area contributed by atoms with Gasteiger partial charge in [-0.2, -0.15) is 0 Å². The summed E-state index contributed by atoms with van der Waals surface area (Å²) in [5, 5.41) is 0. The fourth-order valence-corrected chi connectivity index (χ4v) is 12.5. The fourth-order valence-electron chi connectivity index (χ4n) is 11.2. The van der Waals surface area contributed by atoms with Crippen molar-refractivity contribution in [2.24, 2.45) is 0 Å². The zero-order chi connectivity index (χ0) is 68.9. The Balaban J connectivity index is -0.000000369. The van der Waals surface area contributed by atoms with E-state index in [0.717, 1.165) is 51.4 Å². The number of unbranched alkanes of at least 4 members (excludes halogenated alkanes) is 60. The minimum absolute atomic E-state index is 0. The van der Waals surface area contributed by atoms with Gasteiger partial charge in [0.2, 0.25) is 41.6 Å². The van der Waals surface area contributed by atoms with Gasteiger partial charge in [-0.15, -0.1) is 0 Å². The van der Waals surface area contributed by atoms with Crippen LogP contribution in [0.4, 0.5) is 0 Å². The van der Waals surface area contributed by atoms with Crippen LogP contribution in [0.1, 0.15) is 439 Å². The van der Waals surface area contributed by atoms with Crippen LogP contribution in [0.2, 0.25) is 0 Å². The zero-order valence-electron chi connectivity index (χ0n) is 60.7. The first-order chi connectivity index (χ1) is 44.2. The van der Waals surface area contributed by atoms with Crippen LogP contribution in [0.15, 0.2) is 0 Å². The van der Waals surface area contributed by atoms with E-state index >= 15 is 0 Å². The van der Waals surface area contributed by atoms with E-state index in [1.54, 1.807) is 0 Å². The molecular weight excluding hydrogens is 1480 g/mol. The molecule has 0 aliphatic carbocycles. The van der Waals surface area contributed by atoms with Crippen LogP contribution in [-0.2, 0) is 58.3 Å². The van der Waals surface area contributed by atoms with E-state index in [1.807, 2.05) is 0 Å². The second-order valence-electron chi connectivity index (χ2n) is 26.1. The van der Waals surface area contributed by atoms with Crippen molar-refractivity contribution in [1.82, 2.24) is 0 Å². The first-order valence-electron chi connectivity index (χ1n) is 38.6. The Kier molecular flexibility index (Phi) is 91.9. The third-order valence-corrected chi connectivity index (χ3v) is 18.7. The summed E-state index contributed by atoms with van der Waals surface area (Å²) < 4.78 is 139. The minimum Gasteiger partial charge on any atom is -0.726 e. The van der Waals surface area contributed by atoms with Gasteiger partial charge in [0, 0.05) is 0 Å². The average molecular weight is 1630 g/mol. The predicted molar refractivity (Wildman–Crippen MR) is 381 cm³/mol. The van der Waals surface area contributed by atoms with Gasteiger partial charge in [0.25, 0.3) is 0 Å². The van der Waals surface area contributed by atoms with Crippen molar-refractivity contribution in [3.8, 4) is 0 Å². The quantitative estimate of drug-likeness (QED) is 0.0311. The van der Waals surface area contributed by atoms with Gasteiger partial charge < -0.3 is 18.2 Å². The zero-order valence-corrected chi connectivity index (χ0v) is 68.1. The van der Waals surface area contributed by atoms with Gasteiger partial charge in [-0.3, -0.25) is 16.7 Å². The second kappa shape index (κ2) is 83.5. The van der Waals surface area contributed by atoms with Crippen molar-refractivity contribution < 1.29 is 109 Å². The first kappa shape index (κ1) is 102. The summed E-state index contributed by atoms with van der Waals surface area (Å²) in [6, 6.07) is 0. The summed E-state index contributed by atoms with van der Waals surface area (Å²) in [6.07, 6.45) is 81.3. The van der Waals surface area contributed by atoms with Crippen LogP contribution in [-0.4, -0.2) is 78.3 Å². The summed E-state index contributed by atoms with van der Waals surface area (Å²) >= 11 is 0. The molecule has 0 aromatic heterocycles. The molecule has 0 fully saturated rings. The summed E-state index contributed by atoms with van der Waals surface area (Å²) in [7, 11) is -18.0. The Hall–Kier alpha value is 0.805. The molecule has 93 heavy (non-hydrogen) atoms. The van der Waals surface area contributed by atoms with Gasteiger partial charge in [-0.05, 0) is 25.7 Å². The molecule has 0 unspecified atom stereocenters. The molecule has 0 N–H and O–H groups in total. The maximum Gasteiger partial charge on any atom is 4.00 e. The molecule has 0 amide bonds. The average Bonchev–Trinajstić information content (AvgIpc) is 3.67. The smallest absolute Gasteiger partial charge is 0.726 e. The van der Waals surface area contributed by atoms with Crippen LogP contribution in [0.3, 0.4) is 0 Å². The summed E-state index contributed by atoms with van der Waals surface area (Å²) in [4.78, 5) is 0. The standard InChI is InChI=1S/4C18H38O4S.Th/c4*1-2-3-4-5-6-7-8-9-10-11-12-13-14-15-16-17-18-22-23(19,20)21;/h4*2-18H2,1H3,(H,19,20,21);/q;;;;+4/p-4. The molecule has 16 nitrogen and oxygen atoms in total. The third kappa shape index (κ3) is 117. The Labute approximate surface area is 610 Å². The number of rotatable bonds is 72. The fraction of sp³-hybridized carbons (Fsp3) is 1.00. The molecule has 0 rings (SSSR count). The van der Waals surface area contributed by atoms with Crippen LogP contribution in [0.5, 0.6) is 0 Å². The van der Waals surface area contributed by atoms with Gasteiger partial charge in [0.1, 0.15) is 0 Å². The second-order valence-corrected chi connectivity index (χ2v) is 30.3. The molecule has 0 aromatic rings. The molecule has 0 aliphatic heterocycles. The van der Waals surface area contributed by atoms with Crippen molar-refractivity contribution in [2.45, 2.75) is 439 Å². The SMILES string of the molecule is CCCCCCCCCCCCCCCCCCOS(=O)(=O)[O-].CCCCCCCCCCCCCCCCCCOS(=O)(=O)[O-].CCCCCCCCCCCCCCCCCCOS(=O)(=O)[O-].CCCCCCCCCCCCCCCCCCOS(=O)(=O)[O-].[Th+4]. The predicted octanol–water partition coefficient (Wildman–Crippen LogP) is 22.9. The van der Waals surface area contributed by atoms with E-state index in [2.05, 4.69) is 44.4 Å². The molecule has 0 heterocycles. The molecule has 0 atom stereocenters. The van der Waals surface area contributed by atoms with E-state index in [9.17, 15) is 51.9 Å². The molecular formula is C72H148O16S4Th. The molecule has 0 spiro atoms. The van der Waals surface area contributed by atoms with Crippen molar-refractivity contribution in [2.75, 3.05) is 26.4 Å². The van der Waals surface area contributed by atoms with E-state index in [4.69, 9.17) is 0 Å². The topological polar surface area (TPSA) is 266 Å². The molecule has 0 bridgehead atoms. The minimum atomic E-state index is -4.49. The molecule has 21 heteroatoms. The monoisotopic (exact) mass is 1630 g/mol. The van der Waals surface area contributed by atoms with Crippen LogP contribution in [0, 0.1) is 39.9 Å². The van der Waals surface area contributed by atoms with Gasteiger partial charge in [0.15, 0.2) is 0 Å². The molecule has 560 valence electrons. The van der Waals surface area contributed by atoms with Crippen molar-refractivity contribution in [1.29, 1.82) is 0 Å². The normalized spacial score (nSPS) is 11.8.